The van der Waals surface area contributed by atoms with Gasteiger partial charge in [-0.3, -0.25) is 0 Å². The maximum absolute atomic E-state index is 4.52. The molecule has 2 rings (SSSR count). The Kier molecular flexibility index (Phi) is 8.51. The fourth-order valence-corrected chi connectivity index (χ4v) is 5.10. The zero-order valence-electron chi connectivity index (χ0n) is 14.7. The fourth-order valence-electron chi connectivity index (χ4n) is 4.39. The van der Waals surface area contributed by atoms with Crippen molar-refractivity contribution >= 4 is 11.3 Å². The molecule has 1 saturated carbocycles. The molecular weight excluding hydrogens is 286 g/mol. The van der Waals surface area contributed by atoms with Crippen molar-refractivity contribution in [2.45, 2.75) is 90.9 Å². The highest BCUT2D eigenvalue weighted by atomic mass is 32.1. The van der Waals surface area contributed by atoms with Gasteiger partial charge in [-0.25, -0.2) is 4.98 Å². The third-order valence-corrected chi connectivity index (χ3v) is 6.51. The van der Waals surface area contributed by atoms with E-state index in [1.165, 1.54) is 82.1 Å². The van der Waals surface area contributed by atoms with Gasteiger partial charge >= 0.3 is 0 Å². The normalized spacial score (nSPS) is 24.9. The van der Waals surface area contributed by atoms with E-state index < -0.39 is 0 Å². The van der Waals surface area contributed by atoms with Crippen molar-refractivity contribution in [2.75, 3.05) is 0 Å². The number of hydrogen-bond donors (Lipinski definition) is 0. The molecule has 3 unspecified atom stereocenters. The van der Waals surface area contributed by atoms with Crippen LogP contribution >= 0.6 is 11.3 Å². The quantitative estimate of drug-likeness (QED) is 0.405. The average Bonchev–Trinajstić information content (AvgIpc) is 3.17. The molecule has 1 aliphatic rings. The van der Waals surface area contributed by atoms with Crippen LogP contribution in [0.5, 0.6) is 0 Å². The van der Waals surface area contributed by atoms with Crippen LogP contribution in [-0.4, -0.2) is 4.98 Å². The molecule has 1 aromatic rings. The molecule has 1 heterocycles. The molecule has 0 spiro atoms. The maximum Gasteiger partial charge on any atom is 0.0927 e. The van der Waals surface area contributed by atoms with Gasteiger partial charge in [0, 0.05) is 18.0 Å². The summed E-state index contributed by atoms with van der Waals surface area (Å²) in [6, 6.07) is 0. The first-order valence-corrected chi connectivity index (χ1v) is 10.6. The summed E-state index contributed by atoms with van der Waals surface area (Å²) in [6.07, 6.45) is 19.1. The number of rotatable bonds is 11. The van der Waals surface area contributed by atoms with Gasteiger partial charge in [0.25, 0.3) is 0 Å². The Labute approximate surface area is 141 Å². The smallest absolute Gasteiger partial charge is 0.0927 e. The average molecular weight is 322 g/mol. The molecule has 126 valence electrons. The molecule has 0 amide bonds. The minimum Gasteiger partial charge on any atom is -0.250 e. The molecule has 22 heavy (non-hydrogen) atoms. The summed E-state index contributed by atoms with van der Waals surface area (Å²) in [5.41, 5.74) is 0. The first-order chi connectivity index (χ1) is 10.8. The van der Waals surface area contributed by atoms with Crippen molar-refractivity contribution in [3.63, 3.8) is 0 Å². The number of hydrogen-bond acceptors (Lipinski definition) is 2. The minimum absolute atomic E-state index is 0.913. The second-order valence-corrected chi connectivity index (χ2v) is 8.19. The van der Waals surface area contributed by atoms with Crippen LogP contribution in [0.4, 0.5) is 0 Å². The van der Waals surface area contributed by atoms with E-state index in [1.54, 1.807) is 0 Å². The standard InChI is InChI=1S/C20H35NS/c1-3-5-6-7-8-9-10-11-19-17(4-2)12-13-18(19)16-20-21-14-15-22-20/h14-15,17-19H,3-13,16H2,1-2H3. The molecule has 0 saturated heterocycles. The van der Waals surface area contributed by atoms with Crippen molar-refractivity contribution in [3.8, 4) is 0 Å². The molecule has 0 N–H and O–H groups in total. The van der Waals surface area contributed by atoms with E-state index in [-0.39, 0.29) is 0 Å². The lowest BCUT2D eigenvalue weighted by atomic mass is 9.82. The molecule has 1 fully saturated rings. The van der Waals surface area contributed by atoms with Crippen LogP contribution in [0.3, 0.4) is 0 Å². The van der Waals surface area contributed by atoms with E-state index in [9.17, 15) is 0 Å². The van der Waals surface area contributed by atoms with Crippen LogP contribution < -0.4 is 0 Å². The largest absolute Gasteiger partial charge is 0.250 e. The van der Waals surface area contributed by atoms with Crippen molar-refractivity contribution in [1.82, 2.24) is 4.98 Å². The molecule has 1 aromatic heterocycles. The van der Waals surface area contributed by atoms with Crippen molar-refractivity contribution in [2.24, 2.45) is 17.8 Å². The highest BCUT2D eigenvalue weighted by Crippen LogP contribution is 2.43. The summed E-state index contributed by atoms with van der Waals surface area (Å²) in [6.45, 7) is 4.70. The van der Waals surface area contributed by atoms with E-state index in [0.717, 1.165) is 17.8 Å². The molecule has 0 aliphatic heterocycles. The van der Waals surface area contributed by atoms with Crippen LogP contribution in [0.15, 0.2) is 11.6 Å². The van der Waals surface area contributed by atoms with Gasteiger partial charge in [0.05, 0.1) is 5.01 Å². The van der Waals surface area contributed by atoms with Gasteiger partial charge in [-0.1, -0.05) is 65.2 Å². The van der Waals surface area contributed by atoms with Crippen LogP contribution in [0, 0.1) is 17.8 Å². The predicted molar refractivity (Wildman–Crippen MR) is 98.4 cm³/mol. The maximum atomic E-state index is 4.52. The lowest BCUT2D eigenvalue weighted by Crippen LogP contribution is -2.16. The zero-order valence-corrected chi connectivity index (χ0v) is 15.5. The summed E-state index contributed by atoms with van der Waals surface area (Å²) in [5.74, 6) is 2.88. The van der Waals surface area contributed by atoms with Gasteiger partial charge in [0.1, 0.15) is 0 Å². The first kappa shape index (κ1) is 18.0. The lowest BCUT2D eigenvalue weighted by Gasteiger charge is -2.24. The van der Waals surface area contributed by atoms with E-state index in [0.29, 0.717) is 0 Å². The van der Waals surface area contributed by atoms with Crippen molar-refractivity contribution in [3.05, 3.63) is 16.6 Å². The van der Waals surface area contributed by atoms with Gasteiger partial charge in [0.2, 0.25) is 0 Å². The summed E-state index contributed by atoms with van der Waals surface area (Å²) < 4.78 is 0. The van der Waals surface area contributed by atoms with Crippen LogP contribution in [-0.2, 0) is 6.42 Å². The Balaban J connectivity index is 1.70. The topological polar surface area (TPSA) is 12.9 Å². The molecule has 2 heteroatoms. The summed E-state index contributed by atoms with van der Waals surface area (Å²) >= 11 is 1.85. The van der Waals surface area contributed by atoms with Gasteiger partial charge in [-0.15, -0.1) is 11.3 Å². The molecule has 1 nitrogen and oxygen atoms in total. The molecule has 0 bridgehead atoms. The molecule has 1 aliphatic carbocycles. The Bertz CT molecular complexity index is 373. The van der Waals surface area contributed by atoms with E-state index in [1.807, 2.05) is 17.5 Å². The third kappa shape index (κ3) is 5.68. The molecule has 3 atom stereocenters. The van der Waals surface area contributed by atoms with E-state index in [2.05, 4.69) is 24.2 Å². The summed E-state index contributed by atoms with van der Waals surface area (Å²) in [7, 11) is 0. The fraction of sp³-hybridized carbons (Fsp3) is 0.850. The van der Waals surface area contributed by atoms with E-state index in [4.69, 9.17) is 0 Å². The van der Waals surface area contributed by atoms with E-state index >= 15 is 0 Å². The first-order valence-electron chi connectivity index (χ1n) is 9.73. The number of nitrogens with zero attached hydrogens (tertiary/aromatic N) is 1. The van der Waals surface area contributed by atoms with Gasteiger partial charge in [-0.05, 0) is 37.0 Å². The van der Waals surface area contributed by atoms with Gasteiger partial charge < -0.3 is 0 Å². The number of thiazole rings is 1. The zero-order chi connectivity index (χ0) is 15.6. The Morgan fingerprint density at radius 3 is 2.41 bits per heavy atom. The van der Waals surface area contributed by atoms with Crippen molar-refractivity contribution < 1.29 is 0 Å². The summed E-state index contributed by atoms with van der Waals surface area (Å²) in [5, 5.41) is 3.50. The number of aromatic nitrogens is 1. The lowest BCUT2D eigenvalue weighted by molar-refractivity contribution is 0.274. The van der Waals surface area contributed by atoms with Crippen LogP contribution in [0.1, 0.15) is 89.5 Å². The summed E-state index contributed by atoms with van der Waals surface area (Å²) in [4.78, 5) is 4.52. The monoisotopic (exact) mass is 321 g/mol. The van der Waals surface area contributed by atoms with Gasteiger partial charge in [0.15, 0.2) is 0 Å². The SMILES string of the molecule is CCCCCCCCCC1C(CC)CCC1Cc1nccs1. The highest BCUT2D eigenvalue weighted by molar-refractivity contribution is 7.09. The second kappa shape index (κ2) is 10.4. The van der Waals surface area contributed by atoms with Crippen LogP contribution in [0.2, 0.25) is 0 Å². The third-order valence-electron chi connectivity index (χ3n) is 5.70. The highest BCUT2D eigenvalue weighted by Gasteiger charge is 2.34. The van der Waals surface area contributed by atoms with Gasteiger partial charge in [-0.2, -0.15) is 0 Å². The minimum atomic E-state index is 0.913. The Morgan fingerprint density at radius 2 is 1.73 bits per heavy atom. The molecule has 0 aromatic carbocycles. The predicted octanol–water partition coefficient (Wildman–Crippen LogP) is 6.88. The number of unbranched alkanes of at least 4 members (excludes halogenated alkanes) is 6. The Hall–Kier alpha value is -0.370. The van der Waals surface area contributed by atoms with Crippen molar-refractivity contribution in [1.29, 1.82) is 0 Å². The molecule has 0 radical (unpaired) electrons. The molecular formula is C20H35NS. The Morgan fingerprint density at radius 1 is 1.00 bits per heavy atom. The van der Waals surface area contributed by atoms with Crippen LogP contribution in [0.25, 0.3) is 0 Å². The second-order valence-electron chi connectivity index (χ2n) is 7.21.